The lowest BCUT2D eigenvalue weighted by atomic mass is 9.92. The van der Waals surface area contributed by atoms with Crippen molar-refractivity contribution in [1.29, 1.82) is 0 Å². The number of hydrogen-bond donors (Lipinski definition) is 0. The Labute approximate surface area is 154 Å². The van der Waals surface area contributed by atoms with Crippen LogP contribution in [0.15, 0.2) is 54.6 Å². The van der Waals surface area contributed by atoms with Gasteiger partial charge in [-0.2, -0.15) is 0 Å². The second-order valence-corrected chi connectivity index (χ2v) is 7.37. The minimum Gasteiger partial charge on any atom is -0.296 e. The van der Waals surface area contributed by atoms with Crippen LogP contribution in [0.1, 0.15) is 56.2 Å². The molecule has 0 spiro atoms. The molecule has 1 atom stereocenters. The molecule has 1 nitrogen and oxygen atoms in total. The van der Waals surface area contributed by atoms with Crippen LogP contribution in [-0.2, 0) is 19.4 Å². The molecule has 2 aliphatic rings. The van der Waals surface area contributed by atoms with Crippen molar-refractivity contribution in [2.75, 3.05) is 6.54 Å². The molecule has 1 aliphatic heterocycles. The van der Waals surface area contributed by atoms with Gasteiger partial charge >= 0.3 is 0 Å². The summed E-state index contributed by atoms with van der Waals surface area (Å²) in [5.74, 6) is 0.898. The number of nitrogens with zero attached hydrogens (tertiary/aromatic N) is 1. The molecule has 1 heteroatoms. The maximum atomic E-state index is 2.67. The summed E-state index contributed by atoms with van der Waals surface area (Å²) in [5, 5.41) is 0. The summed E-state index contributed by atoms with van der Waals surface area (Å²) in [5.41, 5.74) is 4.67. The van der Waals surface area contributed by atoms with Crippen molar-refractivity contribution in [2.45, 2.75) is 65.0 Å². The highest BCUT2D eigenvalue weighted by molar-refractivity contribution is 5.31. The first kappa shape index (κ1) is 18.2. The SMILES string of the molecule is CC.c1ccc(CN2CCC2CCCC2Cc3ccccc3C2)cc1. The molecule has 0 bridgehead atoms. The first-order chi connectivity index (χ1) is 12.4. The fourth-order valence-corrected chi connectivity index (χ4v) is 4.34. The van der Waals surface area contributed by atoms with Gasteiger partial charge in [-0.15, -0.1) is 0 Å². The van der Waals surface area contributed by atoms with Crippen LogP contribution in [-0.4, -0.2) is 17.5 Å². The quantitative estimate of drug-likeness (QED) is 0.638. The summed E-state index contributed by atoms with van der Waals surface area (Å²) >= 11 is 0. The third kappa shape index (κ3) is 4.73. The molecule has 1 saturated heterocycles. The molecular weight excluding hydrogens is 302 g/mol. The Morgan fingerprint density at radius 1 is 0.840 bits per heavy atom. The predicted octanol–water partition coefficient (Wildman–Crippen LogP) is 5.87. The van der Waals surface area contributed by atoms with Gasteiger partial charge in [-0.05, 0) is 54.7 Å². The zero-order chi connectivity index (χ0) is 17.5. The lowest BCUT2D eigenvalue weighted by Crippen LogP contribution is -2.46. The first-order valence-electron chi connectivity index (χ1n) is 10.2. The van der Waals surface area contributed by atoms with Crippen molar-refractivity contribution >= 4 is 0 Å². The monoisotopic (exact) mass is 335 g/mol. The van der Waals surface area contributed by atoms with E-state index in [1.807, 2.05) is 13.8 Å². The Balaban J connectivity index is 0.000000880. The van der Waals surface area contributed by atoms with Gasteiger partial charge in [0.25, 0.3) is 0 Å². The highest BCUT2D eigenvalue weighted by atomic mass is 15.2. The Morgan fingerprint density at radius 3 is 2.08 bits per heavy atom. The van der Waals surface area contributed by atoms with Gasteiger partial charge in [0.1, 0.15) is 0 Å². The summed E-state index contributed by atoms with van der Waals surface area (Å²) < 4.78 is 0. The Hall–Kier alpha value is -1.60. The van der Waals surface area contributed by atoms with E-state index in [2.05, 4.69) is 59.5 Å². The van der Waals surface area contributed by atoms with E-state index < -0.39 is 0 Å². The van der Waals surface area contributed by atoms with E-state index in [0.29, 0.717) is 0 Å². The maximum Gasteiger partial charge on any atom is 0.0236 e. The first-order valence-corrected chi connectivity index (χ1v) is 10.2. The molecule has 1 fully saturated rings. The molecule has 0 saturated carbocycles. The van der Waals surface area contributed by atoms with Crippen LogP contribution in [0.2, 0.25) is 0 Å². The van der Waals surface area contributed by atoms with E-state index in [-0.39, 0.29) is 0 Å². The van der Waals surface area contributed by atoms with Gasteiger partial charge < -0.3 is 0 Å². The molecule has 25 heavy (non-hydrogen) atoms. The summed E-state index contributed by atoms with van der Waals surface area (Å²) in [6.45, 7) is 6.43. The average molecular weight is 336 g/mol. The maximum absolute atomic E-state index is 2.67. The third-order valence-electron chi connectivity index (χ3n) is 5.78. The molecular formula is C24H33N. The standard InChI is InChI=1S/C22H27N.C2H6/c1-2-7-18(8-3-1)17-23-14-13-22(23)12-6-9-19-15-20-10-4-5-11-21(20)16-19;1-2/h1-5,7-8,10-11,19,22H,6,9,12-17H2;1-2H3. The zero-order valence-corrected chi connectivity index (χ0v) is 16.0. The van der Waals surface area contributed by atoms with Crippen molar-refractivity contribution in [1.82, 2.24) is 4.90 Å². The van der Waals surface area contributed by atoms with E-state index >= 15 is 0 Å². The van der Waals surface area contributed by atoms with Crippen LogP contribution in [0.3, 0.4) is 0 Å². The molecule has 1 aliphatic carbocycles. The second-order valence-electron chi connectivity index (χ2n) is 7.37. The molecule has 0 radical (unpaired) electrons. The fourth-order valence-electron chi connectivity index (χ4n) is 4.34. The van der Waals surface area contributed by atoms with Crippen LogP contribution >= 0.6 is 0 Å². The van der Waals surface area contributed by atoms with E-state index in [1.165, 1.54) is 50.6 Å². The predicted molar refractivity (Wildman–Crippen MR) is 108 cm³/mol. The largest absolute Gasteiger partial charge is 0.296 e. The number of benzene rings is 2. The normalized spacial score (nSPS) is 19.7. The lowest BCUT2D eigenvalue weighted by Gasteiger charge is -2.41. The van der Waals surface area contributed by atoms with Crippen LogP contribution in [0, 0.1) is 5.92 Å². The van der Waals surface area contributed by atoms with Gasteiger partial charge in [-0.1, -0.05) is 74.9 Å². The number of likely N-dealkylation sites (tertiary alicyclic amines) is 1. The van der Waals surface area contributed by atoms with E-state index in [0.717, 1.165) is 18.5 Å². The number of fused-ring (bicyclic) bond motifs is 1. The molecule has 2 aromatic rings. The van der Waals surface area contributed by atoms with Crippen molar-refractivity contribution in [3.05, 3.63) is 71.3 Å². The van der Waals surface area contributed by atoms with E-state index in [9.17, 15) is 0 Å². The zero-order valence-electron chi connectivity index (χ0n) is 16.0. The third-order valence-corrected chi connectivity index (χ3v) is 5.78. The van der Waals surface area contributed by atoms with Crippen molar-refractivity contribution in [3.8, 4) is 0 Å². The lowest BCUT2D eigenvalue weighted by molar-refractivity contribution is 0.0724. The molecule has 0 aromatic heterocycles. The van der Waals surface area contributed by atoms with E-state index in [4.69, 9.17) is 0 Å². The van der Waals surface area contributed by atoms with Gasteiger partial charge in [0.15, 0.2) is 0 Å². The van der Waals surface area contributed by atoms with Crippen molar-refractivity contribution < 1.29 is 0 Å². The van der Waals surface area contributed by atoms with Gasteiger partial charge in [0.2, 0.25) is 0 Å². The van der Waals surface area contributed by atoms with Gasteiger partial charge in [-0.25, -0.2) is 0 Å². The molecule has 1 heterocycles. The summed E-state index contributed by atoms with van der Waals surface area (Å²) in [6, 6.07) is 20.8. The van der Waals surface area contributed by atoms with Gasteiger partial charge in [0.05, 0.1) is 0 Å². The van der Waals surface area contributed by atoms with Crippen molar-refractivity contribution in [3.63, 3.8) is 0 Å². The van der Waals surface area contributed by atoms with Crippen molar-refractivity contribution in [2.24, 2.45) is 5.92 Å². The number of rotatable bonds is 6. The van der Waals surface area contributed by atoms with Gasteiger partial charge in [-0.3, -0.25) is 4.90 Å². The molecule has 0 N–H and O–H groups in total. The molecule has 4 rings (SSSR count). The highest BCUT2D eigenvalue weighted by Gasteiger charge is 2.28. The van der Waals surface area contributed by atoms with E-state index in [1.54, 1.807) is 11.1 Å². The Morgan fingerprint density at radius 2 is 1.48 bits per heavy atom. The fraction of sp³-hybridized carbons (Fsp3) is 0.500. The van der Waals surface area contributed by atoms with Gasteiger partial charge in [0, 0.05) is 19.1 Å². The molecule has 134 valence electrons. The molecule has 1 unspecified atom stereocenters. The average Bonchev–Trinajstić information content (AvgIpc) is 3.08. The summed E-state index contributed by atoms with van der Waals surface area (Å²) in [7, 11) is 0. The highest BCUT2D eigenvalue weighted by Crippen LogP contribution is 2.31. The second kappa shape index (κ2) is 9.20. The number of hydrogen-bond acceptors (Lipinski definition) is 1. The van der Waals surface area contributed by atoms with Crippen LogP contribution < -0.4 is 0 Å². The topological polar surface area (TPSA) is 3.24 Å². The van der Waals surface area contributed by atoms with Crippen LogP contribution in [0.5, 0.6) is 0 Å². The Kier molecular flexibility index (Phi) is 6.69. The minimum absolute atomic E-state index is 0.832. The molecule has 2 aromatic carbocycles. The van der Waals surface area contributed by atoms with Crippen LogP contribution in [0.25, 0.3) is 0 Å². The minimum atomic E-state index is 0.832. The summed E-state index contributed by atoms with van der Waals surface area (Å²) in [6.07, 6.45) is 8.22. The smallest absolute Gasteiger partial charge is 0.0236 e. The van der Waals surface area contributed by atoms with Crippen LogP contribution in [0.4, 0.5) is 0 Å². The molecule has 0 amide bonds. The summed E-state index contributed by atoms with van der Waals surface area (Å²) in [4.78, 5) is 2.67. The Bertz CT molecular complexity index is 609.